The number of rotatable bonds is 3. The van der Waals surface area contributed by atoms with Crippen molar-refractivity contribution < 1.29 is 14.3 Å². The Kier molecular flexibility index (Phi) is 3.84. The molecule has 1 aromatic heterocycles. The van der Waals surface area contributed by atoms with Crippen molar-refractivity contribution in [1.29, 1.82) is 0 Å². The lowest BCUT2D eigenvalue weighted by Gasteiger charge is -2.30. The Morgan fingerprint density at radius 3 is 2.71 bits per heavy atom. The van der Waals surface area contributed by atoms with Crippen LogP contribution in [0.25, 0.3) is 10.9 Å². The number of nitrogens with zero attached hydrogens (tertiary/aromatic N) is 2. The van der Waals surface area contributed by atoms with Crippen molar-refractivity contribution in [2.45, 2.75) is 44.3 Å². The summed E-state index contributed by atoms with van der Waals surface area (Å²) in [5.74, 6) is -1.18. The number of pyridine rings is 1. The van der Waals surface area contributed by atoms with Gasteiger partial charge in [-0.05, 0) is 55.9 Å². The maximum absolute atomic E-state index is 13.8. The third-order valence-corrected chi connectivity index (χ3v) is 6.24. The molecule has 28 heavy (non-hydrogen) atoms. The van der Waals surface area contributed by atoms with Gasteiger partial charge in [0.05, 0.1) is 5.52 Å². The van der Waals surface area contributed by atoms with Crippen LogP contribution in [0.2, 0.25) is 0 Å². The highest BCUT2D eigenvalue weighted by Gasteiger charge is 2.41. The summed E-state index contributed by atoms with van der Waals surface area (Å²) < 4.78 is 15.7. The summed E-state index contributed by atoms with van der Waals surface area (Å²) in [6, 6.07) is 4.13. The average molecular weight is 383 g/mol. The third kappa shape index (κ3) is 2.49. The monoisotopic (exact) mass is 383 g/mol. The molecule has 5 rings (SSSR count). The van der Waals surface area contributed by atoms with Crippen LogP contribution in [0, 0.1) is 11.7 Å². The number of nitrogens with two attached hydrogens (primary N) is 1. The number of fused-ring (bicyclic) bond motifs is 2. The van der Waals surface area contributed by atoms with Crippen molar-refractivity contribution in [1.82, 2.24) is 4.57 Å². The van der Waals surface area contributed by atoms with Gasteiger partial charge in [-0.15, -0.1) is 0 Å². The van der Waals surface area contributed by atoms with E-state index in [9.17, 15) is 19.1 Å². The predicted octanol–water partition coefficient (Wildman–Crippen LogP) is 3.01. The fourth-order valence-corrected chi connectivity index (χ4v) is 4.82. The molecule has 0 spiro atoms. The van der Waals surface area contributed by atoms with Gasteiger partial charge in [0.25, 0.3) is 0 Å². The average Bonchev–Trinajstić information content (AvgIpc) is 3.45. The molecule has 2 aliphatic carbocycles. The summed E-state index contributed by atoms with van der Waals surface area (Å²) in [5, 5.41) is 10.0. The summed E-state index contributed by atoms with van der Waals surface area (Å²) >= 11 is 0. The molecule has 2 atom stereocenters. The lowest BCUT2D eigenvalue weighted by Crippen LogP contribution is -2.41. The summed E-state index contributed by atoms with van der Waals surface area (Å²) in [5.41, 5.74) is 7.29. The van der Waals surface area contributed by atoms with E-state index in [4.69, 9.17) is 5.73 Å². The lowest BCUT2D eigenvalue weighted by atomic mass is 9.89. The van der Waals surface area contributed by atoms with Crippen LogP contribution in [0.1, 0.15) is 48.5 Å². The lowest BCUT2D eigenvalue weighted by molar-refractivity contribution is 0.0695. The molecule has 1 saturated heterocycles. The van der Waals surface area contributed by atoms with E-state index in [1.807, 2.05) is 9.47 Å². The third-order valence-electron chi connectivity index (χ3n) is 6.24. The van der Waals surface area contributed by atoms with Crippen LogP contribution in [0.3, 0.4) is 0 Å². The molecule has 146 valence electrons. The van der Waals surface area contributed by atoms with Crippen LogP contribution in [0.4, 0.5) is 10.2 Å². The van der Waals surface area contributed by atoms with Gasteiger partial charge in [0.15, 0.2) is 0 Å². The molecule has 2 unspecified atom stereocenters. The second kappa shape index (κ2) is 6.17. The van der Waals surface area contributed by atoms with Gasteiger partial charge in [0, 0.05) is 23.9 Å². The molecule has 0 bridgehead atoms. The molecule has 1 aliphatic heterocycles. The summed E-state index contributed by atoms with van der Waals surface area (Å²) in [4.78, 5) is 27.1. The quantitative estimate of drug-likeness (QED) is 0.796. The second-order valence-corrected chi connectivity index (χ2v) is 8.02. The van der Waals surface area contributed by atoms with E-state index < -0.39 is 23.4 Å². The number of carbonyl (C=O) groups is 1. The normalized spacial score (nSPS) is 24.4. The minimum atomic E-state index is -1.29. The van der Waals surface area contributed by atoms with E-state index in [2.05, 4.69) is 6.08 Å². The summed E-state index contributed by atoms with van der Waals surface area (Å²) in [7, 11) is 0. The number of aromatic nitrogens is 1. The topological polar surface area (TPSA) is 88.6 Å². The minimum Gasteiger partial charge on any atom is -0.477 e. The fourth-order valence-electron chi connectivity index (χ4n) is 4.82. The van der Waals surface area contributed by atoms with Gasteiger partial charge < -0.3 is 20.3 Å². The van der Waals surface area contributed by atoms with Gasteiger partial charge in [-0.1, -0.05) is 6.08 Å². The number of carboxylic acid groups (broad SMARTS) is 1. The van der Waals surface area contributed by atoms with E-state index >= 15 is 0 Å². The molecule has 7 heteroatoms. The Bertz CT molecular complexity index is 1090. The largest absolute Gasteiger partial charge is 0.477 e. The number of carboxylic acids is 1. The smallest absolute Gasteiger partial charge is 0.343 e. The number of allylic oxidation sites excluding steroid dienone is 1. The minimum absolute atomic E-state index is 0.102. The van der Waals surface area contributed by atoms with Crippen molar-refractivity contribution >= 4 is 22.7 Å². The Balaban J connectivity index is 1.82. The van der Waals surface area contributed by atoms with Crippen molar-refractivity contribution in [3.8, 4) is 0 Å². The van der Waals surface area contributed by atoms with E-state index in [1.165, 1.54) is 6.07 Å². The van der Waals surface area contributed by atoms with E-state index in [-0.39, 0.29) is 22.9 Å². The maximum Gasteiger partial charge on any atom is 0.343 e. The molecule has 1 aromatic carbocycles. The SMILES string of the molecule is NC1C2=CCCCC2CN1c1c(C(=O)O)c(=O)c2cc(F)ccc2n1C1CC1. The first-order valence-corrected chi connectivity index (χ1v) is 9.80. The number of hydrogen-bond donors (Lipinski definition) is 2. The van der Waals surface area contributed by atoms with Crippen LogP contribution in [0.15, 0.2) is 34.6 Å². The van der Waals surface area contributed by atoms with Crippen molar-refractivity contribution in [3.63, 3.8) is 0 Å². The molecule has 1 saturated carbocycles. The Morgan fingerprint density at radius 1 is 1.25 bits per heavy atom. The second-order valence-electron chi connectivity index (χ2n) is 8.02. The number of aromatic carboxylic acids is 1. The first kappa shape index (κ1) is 17.4. The first-order valence-electron chi connectivity index (χ1n) is 9.80. The van der Waals surface area contributed by atoms with Gasteiger partial charge in [0.1, 0.15) is 23.4 Å². The number of hydrogen-bond acceptors (Lipinski definition) is 4. The van der Waals surface area contributed by atoms with Gasteiger partial charge in [-0.25, -0.2) is 9.18 Å². The molecule has 6 nitrogen and oxygen atoms in total. The highest BCUT2D eigenvalue weighted by atomic mass is 19.1. The predicted molar refractivity (Wildman–Crippen MR) is 104 cm³/mol. The van der Waals surface area contributed by atoms with Crippen molar-refractivity contribution in [2.75, 3.05) is 11.4 Å². The standard InChI is InChI=1S/C21H22FN3O3/c22-12-5-8-16-15(9-12)18(26)17(21(27)28)20(25(16)13-6-7-13)24-10-11-3-1-2-4-14(11)19(24)23/h4-5,8-9,11,13,19H,1-3,6-7,10,23H2,(H,27,28). The van der Waals surface area contributed by atoms with Crippen molar-refractivity contribution in [2.24, 2.45) is 11.7 Å². The molecule has 2 aromatic rings. The molecule has 0 amide bonds. The van der Waals surface area contributed by atoms with Gasteiger partial charge in [-0.2, -0.15) is 0 Å². The zero-order chi connectivity index (χ0) is 19.6. The van der Waals surface area contributed by atoms with Gasteiger partial charge in [-0.3, -0.25) is 4.79 Å². The molecule has 2 fully saturated rings. The maximum atomic E-state index is 13.8. The van der Waals surface area contributed by atoms with Gasteiger partial charge >= 0.3 is 5.97 Å². The van der Waals surface area contributed by atoms with Crippen molar-refractivity contribution in [3.05, 3.63) is 51.5 Å². The van der Waals surface area contributed by atoms with E-state index in [0.717, 1.165) is 43.7 Å². The number of anilines is 1. The molecule has 3 aliphatic rings. The van der Waals surface area contributed by atoms with Crippen LogP contribution >= 0.6 is 0 Å². The molecule has 2 heterocycles. The van der Waals surface area contributed by atoms with E-state index in [0.29, 0.717) is 17.9 Å². The summed E-state index contributed by atoms with van der Waals surface area (Å²) in [6.07, 6.45) is 6.61. The number of halogens is 1. The Labute approximate surface area is 161 Å². The Hall–Kier alpha value is -2.67. The molecular weight excluding hydrogens is 361 g/mol. The number of benzene rings is 1. The Morgan fingerprint density at radius 2 is 2.04 bits per heavy atom. The molecule has 0 radical (unpaired) electrons. The summed E-state index contributed by atoms with van der Waals surface area (Å²) in [6.45, 7) is 0.603. The van der Waals surface area contributed by atoms with Crippen LogP contribution < -0.4 is 16.1 Å². The highest BCUT2D eigenvalue weighted by molar-refractivity contribution is 5.99. The molecular formula is C21H22FN3O3. The van der Waals surface area contributed by atoms with E-state index in [1.54, 1.807) is 6.07 Å². The zero-order valence-electron chi connectivity index (χ0n) is 15.4. The highest BCUT2D eigenvalue weighted by Crippen LogP contribution is 2.44. The van der Waals surface area contributed by atoms with Crippen LogP contribution in [0.5, 0.6) is 0 Å². The fraction of sp³-hybridized carbons (Fsp3) is 0.429. The van der Waals surface area contributed by atoms with Crippen LogP contribution in [-0.2, 0) is 0 Å². The van der Waals surface area contributed by atoms with Gasteiger partial charge in [0.2, 0.25) is 5.43 Å². The van der Waals surface area contributed by atoms with Crippen LogP contribution in [-0.4, -0.2) is 28.4 Å². The zero-order valence-corrected chi connectivity index (χ0v) is 15.4. The molecule has 3 N–H and O–H groups in total. The first-order chi connectivity index (χ1) is 13.5.